The quantitative estimate of drug-likeness (QED) is 0.0974. The van der Waals surface area contributed by atoms with Gasteiger partial charge in [-0.2, -0.15) is 0 Å². The fraction of sp³-hybridized carbons (Fsp3) is 0.0667. The summed E-state index contributed by atoms with van der Waals surface area (Å²) in [4.78, 5) is 53.5. The summed E-state index contributed by atoms with van der Waals surface area (Å²) in [5.74, 6) is -4.00. The molecule has 0 aromatic carbocycles. The van der Waals surface area contributed by atoms with Crippen molar-refractivity contribution in [3.05, 3.63) is 81.6 Å². The van der Waals surface area contributed by atoms with Crippen LogP contribution in [0.4, 0.5) is 0 Å². The number of carboxylic acids is 4. The molecule has 0 saturated heterocycles. The minimum absolute atomic E-state index is 0.166. The van der Waals surface area contributed by atoms with Crippen molar-refractivity contribution in [2.24, 2.45) is 0 Å². The van der Waals surface area contributed by atoms with Gasteiger partial charge in [0.05, 0.1) is 12.8 Å². The van der Waals surface area contributed by atoms with E-state index in [1.54, 1.807) is 0 Å². The second-order valence-electron chi connectivity index (χ2n) is 8.98. The van der Waals surface area contributed by atoms with Gasteiger partial charge in [0.25, 0.3) is 0 Å². The normalized spacial score (nSPS) is 11.5. The summed E-state index contributed by atoms with van der Waals surface area (Å²) in [6, 6.07) is 14.9. The number of thiophene rings is 5. The van der Waals surface area contributed by atoms with Gasteiger partial charge in [-0.1, -0.05) is 0 Å². The third kappa shape index (κ3) is 7.45. The summed E-state index contributed by atoms with van der Waals surface area (Å²) >= 11 is 7.20. The lowest BCUT2D eigenvalue weighted by Crippen LogP contribution is -1.99. The molecule has 0 atom stereocenters. The minimum atomic E-state index is -1.04. The first-order valence-corrected chi connectivity index (χ1v) is 16.5. The van der Waals surface area contributed by atoms with Crippen molar-refractivity contribution in [3.8, 4) is 39.0 Å². The first-order valence-electron chi connectivity index (χ1n) is 12.4. The molecule has 5 heterocycles. The van der Waals surface area contributed by atoms with Crippen LogP contribution in [0.3, 0.4) is 0 Å². The zero-order valence-corrected chi connectivity index (χ0v) is 25.9. The van der Waals surface area contributed by atoms with Gasteiger partial charge in [-0.05, 0) is 71.8 Å². The van der Waals surface area contributed by atoms with Gasteiger partial charge in [-0.3, -0.25) is 9.59 Å². The summed E-state index contributed by atoms with van der Waals surface area (Å²) < 4.78 is 0. The first-order chi connectivity index (χ1) is 20.5. The van der Waals surface area contributed by atoms with Gasteiger partial charge in [0.2, 0.25) is 0 Å². The van der Waals surface area contributed by atoms with Crippen LogP contribution in [0.15, 0.2) is 60.7 Å². The molecule has 0 saturated carbocycles. The maximum atomic E-state index is 11.7. The van der Waals surface area contributed by atoms with E-state index >= 15 is 0 Å². The maximum Gasteiger partial charge on any atom is 0.328 e. The topological polar surface area (TPSA) is 149 Å². The van der Waals surface area contributed by atoms with Crippen molar-refractivity contribution in [2.75, 3.05) is 0 Å². The predicted octanol–water partition coefficient (Wildman–Crippen LogP) is 8.11. The van der Waals surface area contributed by atoms with Crippen molar-refractivity contribution >= 4 is 92.7 Å². The van der Waals surface area contributed by atoms with Crippen LogP contribution >= 0.6 is 56.7 Å². The van der Waals surface area contributed by atoms with E-state index in [2.05, 4.69) is 0 Å². The van der Waals surface area contributed by atoms with E-state index in [-0.39, 0.29) is 12.8 Å². The molecular weight excluding hydrogens is 649 g/mol. The third-order valence-electron chi connectivity index (χ3n) is 5.87. The number of rotatable bonds is 12. The van der Waals surface area contributed by atoms with Gasteiger partial charge < -0.3 is 20.4 Å². The molecule has 5 rings (SSSR count). The van der Waals surface area contributed by atoms with Gasteiger partial charge in [0.1, 0.15) is 0 Å². The van der Waals surface area contributed by atoms with Crippen LogP contribution in [0.1, 0.15) is 20.9 Å². The lowest BCUT2D eigenvalue weighted by atomic mass is 10.1. The van der Waals surface area contributed by atoms with E-state index in [0.717, 1.165) is 60.9 Å². The highest BCUT2D eigenvalue weighted by Crippen LogP contribution is 2.48. The molecule has 5 aromatic heterocycles. The fourth-order valence-electron chi connectivity index (χ4n) is 4.14. The Bertz CT molecular complexity index is 1770. The van der Waals surface area contributed by atoms with Gasteiger partial charge >= 0.3 is 23.9 Å². The van der Waals surface area contributed by atoms with Crippen LogP contribution in [0.5, 0.6) is 0 Å². The lowest BCUT2D eigenvalue weighted by Gasteiger charge is -1.99. The Balaban J connectivity index is 1.50. The zero-order chi connectivity index (χ0) is 30.7. The molecule has 0 radical (unpaired) electrons. The van der Waals surface area contributed by atoms with Crippen LogP contribution in [0, 0.1) is 0 Å². The number of carboxylic acid groups (broad SMARTS) is 4. The van der Waals surface area contributed by atoms with E-state index in [1.165, 1.54) is 68.8 Å². The second kappa shape index (κ2) is 13.0. The number of hydrogen-bond acceptors (Lipinski definition) is 9. The molecule has 0 amide bonds. The van der Waals surface area contributed by atoms with E-state index in [4.69, 9.17) is 10.2 Å². The Morgan fingerprint density at radius 1 is 0.512 bits per heavy atom. The Morgan fingerprint density at radius 3 is 1.28 bits per heavy atom. The van der Waals surface area contributed by atoms with E-state index in [0.29, 0.717) is 11.1 Å². The molecule has 0 aliphatic heterocycles. The third-order valence-corrected chi connectivity index (χ3v) is 12.2. The predicted molar refractivity (Wildman–Crippen MR) is 174 cm³/mol. The second-order valence-corrected chi connectivity index (χ2v) is 14.4. The minimum Gasteiger partial charge on any atom is -0.481 e. The van der Waals surface area contributed by atoms with Crippen molar-refractivity contribution in [1.82, 2.24) is 0 Å². The highest BCUT2D eigenvalue weighted by molar-refractivity contribution is 7.30. The van der Waals surface area contributed by atoms with Gasteiger partial charge in [-0.25, -0.2) is 9.59 Å². The van der Waals surface area contributed by atoms with Crippen molar-refractivity contribution in [2.45, 2.75) is 12.8 Å². The van der Waals surface area contributed by atoms with Crippen LogP contribution in [-0.4, -0.2) is 44.3 Å². The van der Waals surface area contributed by atoms with E-state index in [1.807, 2.05) is 48.5 Å². The Kier molecular flexibility index (Phi) is 9.18. The average molecular weight is 669 g/mol. The summed E-state index contributed by atoms with van der Waals surface area (Å²) in [5, 5.41) is 37.0. The Hall–Kier alpha value is -4.14. The molecule has 0 bridgehead atoms. The summed E-state index contributed by atoms with van der Waals surface area (Å²) in [6.07, 6.45) is 4.84. The molecule has 0 aliphatic rings. The van der Waals surface area contributed by atoms with Gasteiger partial charge in [0, 0.05) is 60.9 Å². The molecule has 0 fully saturated rings. The molecule has 0 unspecified atom stereocenters. The Morgan fingerprint density at radius 2 is 0.907 bits per heavy atom. The Labute approximate surface area is 264 Å². The highest BCUT2D eigenvalue weighted by Gasteiger charge is 2.21. The van der Waals surface area contributed by atoms with Crippen LogP contribution < -0.4 is 0 Å². The molecule has 13 heteroatoms. The molecule has 0 spiro atoms. The van der Waals surface area contributed by atoms with Crippen LogP contribution in [0.2, 0.25) is 0 Å². The van der Waals surface area contributed by atoms with Gasteiger partial charge in [-0.15, -0.1) is 56.7 Å². The van der Waals surface area contributed by atoms with Crippen molar-refractivity contribution in [3.63, 3.8) is 0 Å². The molecular formula is C30H20O8S5. The SMILES string of the molecule is O=C(O)C=Cc1ccc(-c2cc(CC(=O)O)c(-c3ccc(-c4sc(-c5ccc(C=CC(=O)O)s5)cc4CC(=O)O)s3)s2)s1. The van der Waals surface area contributed by atoms with Crippen LogP contribution in [-0.2, 0) is 32.0 Å². The summed E-state index contributed by atoms with van der Waals surface area (Å²) in [7, 11) is 0. The van der Waals surface area contributed by atoms with E-state index < -0.39 is 23.9 Å². The molecule has 43 heavy (non-hydrogen) atoms. The first kappa shape index (κ1) is 30.3. The summed E-state index contributed by atoms with van der Waals surface area (Å²) in [5.41, 5.74) is 1.32. The van der Waals surface area contributed by atoms with Gasteiger partial charge in [0.15, 0.2) is 0 Å². The standard InChI is InChI=1S/C30H20O8S5/c31-25(32)9-3-17-1-5-19(39-17)23-11-15(13-27(35)36)29(42-23)21-7-8-22(41-21)30-16(14-28(37)38)12-24(43-30)20-6-2-18(40-20)4-10-26(33)34/h1-12H,13-14H2,(H,31,32)(H,33,34)(H,35,36)(H,37,38). The molecule has 4 N–H and O–H groups in total. The lowest BCUT2D eigenvalue weighted by molar-refractivity contribution is -0.137. The largest absolute Gasteiger partial charge is 0.481 e. The summed E-state index contributed by atoms with van der Waals surface area (Å²) in [6.45, 7) is 0. The number of hydrogen-bond donors (Lipinski definition) is 4. The van der Waals surface area contributed by atoms with Crippen molar-refractivity contribution in [1.29, 1.82) is 0 Å². The molecule has 5 aromatic rings. The smallest absolute Gasteiger partial charge is 0.328 e. The number of aliphatic carboxylic acids is 4. The number of carbonyl (C=O) groups is 4. The molecule has 0 aliphatic carbocycles. The molecule has 8 nitrogen and oxygen atoms in total. The maximum absolute atomic E-state index is 11.7. The monoisotopic (exact) mass is 668 g/mol. The molecule has 218 valence electrons. The van der Waals surface area contributed by atoms with Crippen LogP contribution in [0.25, 0.3) is 51.2 Å². The average Bonchev–Trinajstić information content (AvgIpc) is 3.75. The van der Waals surface area contributed by atoms with E-state index in [9.17, 15) is 29.4 Å². The zero-order valence-electron chi connectivity index (χ0n) is 21.8. The van der Waals surface area contributed by atoms with Crippen molar-refractivity contribution < 1.29 is 39.6 Å². The fourth-order valence-corrected chi connectivity index (χ4v) is 9.79. The highest BCUT2D eigenvalue weighted by atomic mass is 32.1.